The van der Waals surface area contributed by atoms with Crippen LogP contribution in [-0.4, -0.2) is 48.6 Å². The Bertz CT molecular complexity index is 600. The molecule has 0 bridgehead atoms. The van der Waals surface area contributed by atoms with Gasteiger partial charge in [-0.05, 0) is 49.3 Å². The number of hydrogen-bond acceptors (Lipinski definition) is 3. The predicted molar refractivity (Wildman–Crippen MR) is 89.5 cm³/mol. The van der Waals surface area contributed by atoms with Crippen LogP contribution in [0.3, 0.4) is 0 Å². The Hall–Kier alpha value is -1.75. The highest BCUT2D eigenvalue weighted by molar-refractivity contribution is 6.31. The number of hydrogen-bond donors (Lipinski definition) is 1. The Kier molecular flexibility index (Phi) is 4.76. The average Bonchev–Trinajstić information content (AvgIpc) is 3.05. The van der Waals surface area contributed by atoms with E-state index in [-0.39, 0.29) is 0 Å². The number of carboxylic acid groups (broad SMARTS) is 1. The third-order valence-corrected chi connectivity index (χ3v) is 5.40. The molecule has 1 unspecified atom stereocenters. The van der Waals surface area contributed by atoms with Crippen LogP contribution in [0.2, 0.25) is 5.02 Å². The fourth-order valence-electron chi connectivity index (χ4n) is 3.85. The molecule has 3 rings (SSSR count). The van der Waals surface area contributed by atoms with Crippen molar-refractivity contribution in [1.82, 2.24) is 4.90 Å². The van der Waals surface area contributed by atoms with Crippen molar-refractivity contribution in [1.29, 1.82) is 0 Å². The molecule has 0 aromatic heterocycles. The van der Waals surface area contributed by atoms with Gasteiger partial charge in [0, 0.05) is 42.5 Å². The predicted octanol–water partition coefficient (Wildman–Crippen LogP) is 3.37. The topological polar surface area (TPSA) is 60.9 Å². The van der Waals surface area contributed by atoms with Crippen molar-refractivity contribution in [2.24, 2.45) is 11.8 Å². The van der Waals surface area contributed by atoms with Gasteiger partial charge in [-0.25, -0.2) is 4.79 Å². The van der Waals surface area contributed by atoms with E-state index in [1.54, 1.807) is 12.1 Å². The maximum absolute atomic E-state index is 11.2. The maximum atomic E-state index is 11.2. The van der Waals surface area contributed by atoms with Crippen LogP contribution >= 0.6 is 11.6 Å². The second kappa shape index (κ2) is 6.79. The molecule has 0 radical (unpaired) electrons. The van der Waals surface area contributed by atoms with E-state index in [4.69, 9.17) is 16.7 Å². The van der Waals surface area contributed by atoms with Crippen molar-refractivity contribution in [3.8, 4) is 0 Å². The van der Waals surface area contributed by atoms with Crippen LogP contribution in [0.15, 0.2) is 18.2 Å². The van der Waals surface area contributed by atoms with E-state index in [1.165, 1.54) is 4.90 Å². The first-order valence-corrected chi connectivity index (χ1v) is 8.44. The summed E-state index contributed by atoms with van der Waals surface area (Å²) in [6.07, 6.45) is 3.10. The van der Waals surface area contributed by atoms with E-state index < -0.39 is 6.09 Å². The van der Waals surface area contributed by atoms with Crippen LogP contribution in [0, 0.1) is 11.8 Å². The lowest BCUT2D eigenvalue weighted by Gasteiger charge is -2.36. The van der Waals surface area contributed by atoms with Gasteiger partial charge in [0.1, 0.15) is 0 Å². The minimum absolute atomic E-state index is 0.471. The van der Waals surface area contributed by atoms with Gasteiger partial charge < -0.3 is 14.9 Å². The van der Waals surface area contributed by atoms with Gasteiger partial charge in [0.2, 0.25) is 0 Å². The molecule has 0 aliphatic carbocycles. The SMILES string of the molecule is O=Cc1ccc(Cl)cc1N1CCC(C2CCN(C(=O)O)C2)CC1. The number of likely N-dealkylation sites (tertiary alicyclic amines) is 1. The Morgan fingerprint density at radius 1 is 1.17 bits per heavy atom. The first kappa shape index (κ1) is 16.1. The molecule has 6 heteroatoms. The first-order chi connectivity index (χ1) is 11.1. The number of aldehydes is 1. The highest BCUT2D eigenvalue weighted by Crippen LogP contribution is 2.34. The summed E-state index contributed by atoms with van der Waals surface area (Å²) in [5.41, 5.74) is 1.58. The lowest BCUT2D eigenvalue weighted by molar-refractivity contribution is 0.112. The number of rotatable bonds is 3. The summed E-state index contributed by atoms with van der Waals surface area (Å²) in [4.78, 5) is 26.0. The minimum atomic E-state index is -0.806. The maximum Gasteiger partial charge on any atom is 0.407 e. The highest BCUT2D eigenvalue weighted by atomic mass is 35.5. The summed E-state index contributed by atoms with van der Waals surface area (Å²) >= 11 is 6.07. The molecule has 1 atom stereocenters. The van der Waals surface area contributed by atoms with E-state index in [0.29, 0.717) is 35.5 Å². The summed E-state index contributed by atoms with van der Waals surface area (Å²) in [5.74, 6) is 1.03. The lowest BCUT2D eigenvalue weighted by Crippen LogP contribution is -2.37. The Balaban J connectivity index is 1.62. The number of amides is 1. The van der Waals surface area contributed by atoms with Gasteiger partial charge in [-0.3, -0.25) is 4.79 Å². The fraction of sp³-hybridized carbons (Fsp3) is 0.529. The van der Waals surface area contributed by atoms with E-state index in [0.717, 1.165) is 44.3 Å². The molecule has 1 amide bonds. The second-order valence-electron chi connectivity index (χ2n) is 6.42. The molecule has 5 nitrogen and oxygen atoms in total. The third kappa shape index (κ3) is 3.44. The van der Waals surface area contributed by atoms with E-state index in [1.807, 2.05) is 6.07 Å². The quantitative estimate of drug-likeness (QED) is 0.860. The lowest BCUT2D eigenvalue weighted by atomic mass is 9.83. The molecule has 2 aliphatic heterocycles. The van der Waals surface area contributed by atoms with Crippen molar-refractivity contribution in [2.75, 3.05) is 31.1 Å². The van der Waals surface area contributed by atoms with Crippen molar-refractivity contribution >= 4 is 29.7 Å². The van der Waals surface area contributed by atoms with Crippen molar-refractivity contribution in [3.63, 3.8) is 0 Å². The van der Waals surface area contributed by atoms with Gasteiger partial charge in [-0.2, -0.15) is 0 Å². The first-order valence-electron chi connectivity index (χ1n) is 8.06. The zero-order valence-electron chi connectivity index (χ0n) is 12.9. The summed E-state index contributed by atoms with van der Waals surface area (Å²) in [6, 6.07) is 5.35. The fourth-order valence-corrected chi connectivity index (χ4v) is 4.01. The van der Waals surface area contributed by atoms with E-state index >= 15 is 0 Å². The molecule has 1 aromatic rings. The number of benzene rings is 1. The van der Waals surface area contributed by atoms with Crippen LogP contribution in [0.5, 0.6) is 0 Å². The van der Waals surface area contributed by atoms with Crippen molar-refractivity contribution < 1.29 is 14.7 Å². The average molecular weight is 337 g/mol. The summed E-state index contributed by atoms with van der Waals surface area (Å²) in [6.45, 7) is 3.09. The van der Waals surface area contributed by atoms with E-state index in [2.05, 4.69) is 4.90 Å². The summed E-state index contributed by atoms with van der Waals surface area (Å²) in [7, 11) is 0. The smallest absolute Gasteiger partial charge is 0.407 e. The minimum Gasteiger partial charge on any atom is -0.465 e. The molecule has 2 aliphatic rings. The highest BCUT2D eigenvalue weighted by Gasteiger charge is 2.33. The number of nitrogens with zero attached hydrogens (tertiary/aromatic N) is 2. The normalized spacial score (nSPS) is 22.4. The van der Waals surface area contributed by atoms with Gasteiger partial charge in [-0.1, -0.05) is 11.6 Å². The second-order valence-corrected chi connectivity index (χ2v) is 6.86. The van der Waals surface area contributed by atoms with Crippen LogP contribution < -0.4 is 4.90 Å². The largest absolute Gasteiger partial charge is 0.465 e. The Labute approximate surface area is 140 Å². The standard InChI is InChI=1S/C17H21ClN2O3/c18-15-2-1-14(11-21)16(9-15)19-6-3-12(4-7-19)13-5-8-20(10-13)17(22)23/h1-2,9,11-13H,3-8,10H2,(H,22,23). The number of carbonyl (C=O) groups is 2. The number of carbonyl (C=O) groups excluding carboxylic acids is 1. The molecule has 124 valence electrons. The third-order valence-electron chi connectivity index (χ3n) is 5.16. The molecule has 0 spiro atoms. The van der Waals surface area contributed by atoms with Gasteiger partial charge in [0.05, 0.1) is 0 Å². The molecule has 2 saturated heterocycles. The van der Waals surface area contributed by atoms with Crippen LogP contribution in [-0.2, 0) is 0 Å². The van der Waals surface area contributed by atoms with Gasteiger partial charge >= 0.3 is 6.09 Å². The van der Waals surface area contributed by atoms with Crippen LogP contribution in [0.4, 0.5) is 10.5 Å². The summed E-state index contributed by atoms with van der Waals surface area (Å²) < 4.78 is 0. The molecular weight excluding hydrogens is 316 g/mol. The number of piperidine rings is 1. The molecule has 2 heterocycles. The molecular formula is C17H21ClN2O3. The monoisotopic (exact) mass is 336 g/mol. The van der Waals surface area contributed by atoms with Crippen LogP contribution in [0.1, 0.15) is 29.6 Å². The zero-order chi connectivity index (χ0) is 16.4. The van der Waals surface area contributed by atoms with E-state index in [9.17, 15) is 9.59 Å². The van der Waals surface area contributed by atoms with Crippen molar-refractivity contribution in [3.05, 3.63) is 28.8 Å². The Morgan fingerprint density at radius 3 is 2.48 bits per heavy atom. The summed E-state index contributed by atoms with van der Waals surface area (Å²) in [5, 5.41) is 9.72. The van der Waals surface area contributed by atoms with Gasteiger partial charge in [0.25, 0.3) is 0 Å². The molecule has 1 aromatic carbocycles. The zero-order valence-corrected chi connectivity index (χ0v) is 13.7. The molecule has 0 saturated carbocycles. The molecule has 2 fully saturated rings. The van der Waals surface area contributed by atoms with Crippen molar-refractivity contribution in [2.45, 2.75) is 19.3 Å². The molecule has 23 heavy (non-hydrogen) atoms. The van der Waals surface area contributed by atoms with Gasteiger partial charge in [-0.15, -0.1) is 0 Å². The number of halogens is 1. The van der Waals surface area contributed by atoms with Crippen LogP contribution in [0.25, 0.3) is 0 Å². The number of anilines is 1. The molecule has 1 N–H and O–H groups in total. The Morgan fingerprint density at radius 2 is 1.87 bits per heavy atom. The van der Waals surface area contributed by atoms with Gasteiger partial charge in [0.15, 0.2) is 6.29 Å².